The molecule has 0 radical (unpaired) electrons. The van der Waals surface area contributed by atoms with E-state index in [0.29, 0.717) is 5.41 Å². The van der Waals surface area contributed by atoms with Gasteiger partial charge < -0.3 is 15.1 Å². The zero-order valence-electron chi connectivity index (χ0n) is 15.0. The number of hydrogen-bond donors (Lipinski definition) is 1. The highest BCUT2D eigenvalue weighted by molar-refractivity contribution is 14.0. The largest absolute Gasteiger partial charge is 0.356 e. The molecule has 0 aromatic heterocycles. The van der Waals surface area contributed by atoms with Gasteiger partial charge in [-0.15, -0.1) is 24.0 Å². The molecule has 0 atom stereocenters. The van der Waals surface area contributed by atoms with Gasteiger partial charge in [-0.25, -0.2) is 0 Å². The van der Waals surface area contributed by atoms with Crippen molar-refractivity contribution in [3.63, 3.8) is 0 Å². The lowest BCUT2D eigenvalue weighted by Gasteiger charge is -2.62. The van der Waals surface area contributed by atoms with Crippen molar-refractivity contribution in [1.82, 2.24) is 15.1 Å². The lowest BCUT2D eigenvalue weighted by atomic mass is 9.65. The van der Waals surface area contributed by atoms with Gasteiger partial charge >= 0.3 is 0 Å². The van der Waals surface area contributed by atoms with Gasteiger partial charge in [0.25, 0.3) is 0 Å². The van der Waals surface area contributed by atoms with E-state index >= 15 is 0 Å². The average Bonchev–Trinajstić information content (AvgIpc) is 2.40. The SMILES string of the molecule is CCNC(=NCCN(CC)CC)N1CC(C)(C)C1(C)C.I. The predicted molar refractivity (Wildman–Crippen MR) is 104 cm³/mol. The molecular formula is C16H35IN4. The van der Waals surface area contributed by atoms with E-state index in [1.165, 1.54) is 0 Å². The molecule has 4 nitrogen and oxygen atoms in total. The van der Waals surface area contributed by atoms with Gasteiger partial charge in [-0.3, -0.25) is 4.99 Å². The minimum Gasteiger partial charge on any atom is -0.356 e. The van der Waals surface area contributed by atoms with Crippen molar-refractivity contribution in [2.45, 2.75) is 54.0 Å². The quantitative estimate of drug-likeness (QED) is 0.415. The van der Waals surface area contributed by atoms with E-state index in [1.54, 1.807) is 0 Å². The highest BCUT2D eigenvalue weighted by Crippen LogP contribution is 2.46. The first-order valence-electron chi connectivity index (χ1n) is 8.08. The maximum absolute atomic E-state index is 4.82. The minimum atomic E-state index is 0. The molecule has 5 heteroatoms. The first-order chi connectivity index (χ1) is 9.30. The molecule has 0 aliphatic carbocycles. The van der Waals surface area contributed by atoms with Crippen molar-refractivity contribution in [2.24, 2.45) is 10.4 Å². The van der Waals surface area contributed by atoms with Crippen LogP contribution in [0.1, 0.15) is 48.5 Å². The molecule has 1 N–H and O–H groups in total. The number of nitrogens with one attached hydrogen (secondary N) is 1. The summed E-state index contributed by atoms with van der Waals surface area (Å²) in [4.78, 5) is 9.65. The number of rotatable bonds is 6. The van der Waals surface area contributed by atoms with E-state index < -0.39 is 0 Å². The first-order valence-corrected chi connectivity index (χ1v) is 8.08. The van der Waals surface area contributed by atoms with E-state index in [2.05, 4.69) is 63.6 Å². The Hall–Kier alpha value is -0.0400. The van der Waals surface area contributed by atoms with Gasteiger partial charge in [-0.05, 0) is 33.9 Å². The number of guanidine groups is 1. The van der Waals surface area contributed by atoms with Gasteiger partial charge in [0.2, 0.25) is 0 Å². The first kappa shape index (κ1) is 21.0. The molecule has 126 valence electrons. The molecule has 0 amide bonds. The van der Waals surface area contributed by atoms with Gasteiger partial charge in [0.05, 0.1) is 6.54 Å². The standard InChI is InChI=1S/C16H34N4.HI/c1-8-17-14(18-11-12-19(9-2)10-3)20-13-15(4,5)16(20,6)7;/h8-13H2,1-7H3,(H,17,18);1H. The summed E-state index contributed by atoms with van der Waals surface area (Å²) in [6.45, 7) is 22.0. The molecule has 0 aromatic carbocycles. The van der Waals surface area contributed by atoms with Crippen LogP contribution in [0.15, 0.2) is 4.99 Å². The molecule has 1 aliphatic heterocycles. The summed E-state index contributed by atoms with van der Waals surface area (Å²) in [5, 5.41) is 3.45. The Bertz CT molecular complexity index is 335. The number of hydrogen-bond acceptors (Lipinski definition) is 2. The molecule has 21 heavy (non-hydrogen) atoms. The summed E-state index contributed by atoms with van der Waals surface area (Å²) in [5.41, 5.74) is 0.519. The fourth-order valence-electron chi connectivity index (χ4n) is 2.63. The zero-order valence-corrected chi connectivity index (χ0v) is 17.3. The summed E-state index contributed by atoms with van der Waals surface area (Å²) < 4.78 is 0. The molecule has 0 spiro atoms. The Morgan fingerprint density at radius 1 is 1.14 bits per heavy atom. The van der Waals surface area contributed by atoms with Crippen LogP contribution < -0.4 is 5.32 Å². The molecule has 1 saturated heterocycles. The van der Waals surface area contributed by atoms with Crippen LogP contribution in [0.5, 0.6) is 0 Å². The van der Waals surface area contributed by atoms with Crippen LogP contribution in [0, 0.1) is 5.41 Å². The third-order valence-electron chi connectivity index (χ3n) is 5.05. The third-order valence-corrected chi connectivity index (χ3v) is 5.05. The summed E-state index contributed by atoms with van der Waals surface area (Å²) >= 11 is 0. The second kappa shape index (κ2) is 8.56. The van der Waals surface area contributed by atoms with Gasteiger partial charge in [0.1, 0.15) is 0 Å². The number of aliphatic imine (C=N–C) groups is 1. The van der Waals surface area contributed by atoms with Crippen molar-refractivity contribution in [1.29, 1.82) is 0 Å². The topological polar surface area (TPSA) is 30.9 Å². The van der Waals surface area contributed by atoms with Gasteiger partial charge in [0.15, 0.2) is 5.96 Å². The molecule has 0 aromatic rings. The van der Waals surface area contributed by atoms with Crippen LogP contribution in [0.25, 0.3) is 0 Å². The van der Waals surface area contributed by atoms with E-state index in [9.17, 15) is 0 Å². The maximum atomic E-state index is 4.82. The molecule has 1 aliphatic rings. The Morgan fingerprint density at radius 3 is 2.10 bits per heavy atom. The molecular weight excluding hydrogens is 375 g/mol. The average molecular weight is 410 g/mol. The molecule has 1 fully saturated rings. The number of nitrogens with zero attached hydrogens (tertiary/aromatic N) is 3. The number of halogens is 1. The van der Waals surface area contributed by atoms with Gasteiger partial charge in [-0.1, -0.05) is 27.7 Å². The highest BCUT2D eigenvalue weighted by Gasteiger charge is 2.53. The van der Waals surface area contributed by atoms with Gasteiger partial charge in [0, 0.05) is 30.6 Å². The van der Waals surface area contributed by atoms with Crippen LogP contribution in [-0.4, -0.2) is 60.6 Å². The van der Waals surface area contributed by atoms with Crippen LogP contribution >= 0.6 is 24.0 Å². The Kier molecular flexibility index (Phi) is 8.54. The summed E-state index contributed by atoms with van der Waals surface area (Å²) in [6.07, 6.45) is 0. The Labute approximate surface area is 148 Å². The van der Waals surface area contributed by atoms with Crippen molar-refractivity contribution < 1.29 is 0 Å². The van der Waals surface area contributed by atoms with E-state index in [4.69, 9.17) is 4.99 Å². The minimum absolute atomic E-state index is 0. The summed E-state index contributed by atoms with van der Waals surface area (Å²) in [6, 6.07) is 0. The number of likely N-dealkylation sites (tertiary alicyclic amines) is 1. The van der Waals surface area contributed by atoms with Crippen molar-refractivity contribution >= 4 is 29.9 Å². The number of likely N-dealkylation sites (N-methyl/N-ethyl adjacent to an activating group) is 1. The van der Waals surface area contributed by atoms with Crippen molar-refractivity contribution in [3.8, 4) is 0 Å². The highest BCUT2D eigenvalue weighted by atomic mass is 127. The fourth-order valence-corrected chi connectivity index (χ4v) is 2.63. The van der Waals surface area contributed by atoms with Crippen molar-refractivity contribution in [3.05, 3.63) is 0 Å². The zero-order chi connectivity index (χ0) is 15.4. The van der Waals surface area contributed by atoms with Crippen LogP contribution in [0.2, 0.25) is 0 Å². The van der Waals surface area contributed by atoms with Crippen LogP contribution in [0.4, 0.5) is 0 Å². The predicted octanol–water partition coefficient (Wildman–Crippen LogP) is 3.03. The molecule has 0 unspecified atom stereocenters. The van der Waals surface area contributed by atoms with Crippen LogP contribution in [0.3, 0.4) is 0 Å². The van der Waals surface area contributed by atoms with Gasteiger partial charge in [-0.2, -0.15) is 0 Å². The summed E-state index contributed by atoms with van der Waals surface area (Å²) in [5.74, 6) is 1.07. The monoisotopic (exact) mass is 410 g/mol. The Morgan fingerprint density at radius 2 is 1.71 bits per heavy atom. The second-order valence-electron chi connectivity index (χ2n) is 6.79. The summed E-state index contributed by atoms with van der Waals surface area (Å²) in [7, 11) is 0. The van der Waals surface area contributed by atoms with E-state index in [0.717, 1.165) is 45.2 Å². The lowest BCUT2D eigenvalue weighted by Crippen LogP contribution is -2.72. The van der Waals surface area contributed by atoms with Crippen molar-refractivity contribution in [2.75, 3.05) is 39.3 Å². The fraction of sp³-hybridized carbons (Fsp3) is 0.938. The van der Waals surface area contributed by atoms with E-state index in [1.807, 2.05) is 0 Å². The van der Waals surface area contributed by atoms with E-state index in [-0.39, 0.29) is 29.5 Å². The molecule has 1 rings (SSSR count). The maximum Gasteiger partial charge on any atom is 0.194 e. The van der Waals surface area contributed by atoms with Crippen LogP contribution in [-0.2, 0) is 0 Å². The lowest BCUT2D eigenvalue weighted by molar-refractivity contribution is -0.0667. The molecule has 0 bridgehead atoms. The Balaban J connectivity index is 0.00000400. The molecule has 0 saturated carbocycles. The third kappa shape index (κ3) is 4.71. The second-order valence-corrected chi connectivity index (χ2v) is 6.79. The normalized spacial score (nSPS) is 20.0. The molecule has 1 heterocycles. The smallest absolute Gasteiger partial charge is 0.194 e.